The van der Waals surface area contributed by atoms with Crippen LogP contribution in [0.2, 0.25) is 0 Å². The smallest absolute Gasteiger partial charge is 0.164 e. The molecule has 32 heavy (non-hydrogen) atoms. The van der Waals surface area contributed by atoms with Crippen LogP contribution in [0.15, 0.2) is 12.4 Å². The molecule has 170 valence electrons. The summed E-state index contributed by atoms with van der Waals surface area (Å²) in [6, 6.07) is 2.91. The molecular weight excluding hydrogens is 422 g/mol. The van der Waals surface area contributed by atoms with Crippen LogP contribution >= 0.6 is 11.8 Å². The topological polar surface area (TPSA) is 78.4 Å². The molecule has 0 radical (unpaired) electrons. The van der Waals surface area contributed by atoms with Gasteiger partial charge in [0.15, 0.2) is 5.75 Å². The van der Waals surface area contributed by atoms with Crippen molar-refractivity contribution in [1.82, 2.24) is 25.2 Å². The van der Waals surface area contributed by atoms with Gasteiger partial charge in [-0.05, 0) is 38.9 Å². The zero-order valence-electron chi connectivity index (χ0n) is 18.6. The number of aromatic nitrogens is 3. The van der Waals surface area contributed by atoms with Crippen LogP contribution in [-0.4, -0.2) is 76.7 Å². The third-order valence-electron chi connectivity index (χ3n) is 7.16. The van der Waals surface area contributed by atoms with Crippen molar-refractivity contribution < 1.29 is 4.74 Å². The Morgan fingerprint density at radius 2 is 1.94 bits per heavy atom. The molecule has 0 aliphatic carbocycles. The van der Waals surface area contributed by atoms with Crippen LogP contribution in [0.4, 0.5) is 17.3 Å². The van der Waals surface area contributed by atoms with Crippen molar-refractivity contribution in [1.29, 1.82) is 0 Å². The van der Waals surface area contributed by atoms with E-state index in [1.807, 2.05) is 11.8 Å². The van der Waals surface area contributed by atoms with Gasteiger partial charge < -0.3 is 20.3 Å². The highest BCUT2D eigenvalue weighted by molar-refractivity contribution is 7.99. The van der Waals surface area contributed by atoms with Gasteiger partial charge in [-0.2, -0.15) is 11.8 Å². The van der Waals surface area contributed by atoms with Crippen LogP contribution in [0.25, 0.3) is 0 Å². The summed E-state index contributed by atoms with van der Waals surface area (Å²) in [7, 11) is 0. The average Bonchev–Trinajstić information content (AvgIpc) is 2.99. The molecule has 9 heteroatoms. The fraction of sp³-hybridized carbons (Fsp3) is 0.609. The Hall–Kier alpha value is -2.10. The summed E-state index contributed by atoms with van der Waals surface area (Å²) in [4.78, 5) is 19.1. The van der Waals surface area contributed by atoms with Gasteiger partial charge in [-0.25, -0.2) is 9.97 Å². The summed E-state index contributed by atoms with van der Waals surface area (Å²) < 4.78 is 6.29. The van der Waals surface area contributed by atoms with E-state index in [4.69, 9.17) is 9.72 Å². The first kappa shape index (κ1) is 20.5. The minimum absolute atomic E-state index is 0.462. The van der Waals surface area contributed by atoms with E-state index >= 15 is 0 Å². The quantitative estimate of drug-likeness (QED) is 0.729. The second kappa shape index (κ2) is 8.68. The van der Waals surface area contributed by atoms with Crippen LogP contribution in [-0.2, 0) is 6.61 Å². The number of rotatable bonds is 3. The van der Waals surface area contributed by atoms with Gasteiger partial charge in [-0.1, -0.05) is 0 Å². The van der Waals surface area contributed by atoms with Crippen molar-refractivity contribution in [3.05, 3.63) is 29.3 Å². The van der Waals surface area contributed by atoms with Crippen LogP contribution in [0.5, 0.6) is 5.75 Å². The Bertz CT molecular complexity index is 985. The predicted molar refractivity (Wildman–Crippen MR) is 128 cm³/mol. The largest absolute Gasteiger partial charge is 0.485 e. The molecular formula is C23H31N7OS. The lowest BCUT2D eigenvalue weighted by Gasteiger charge is -2.45. The molecule has 4 aliphatic rings. The fourth-order valence-corrected chi connectivity index (χ4v) is 6.21. The maximum Gasteiger partial charge on any atom is 0.164 e. The number of pyridine rings is 1. The van der Waals surface area contributed by atoms with Gasteiger partial charge in [0.2, 0.25) is 0 Å². The van der Waals surface area contributed by atoms with E-state index in [1.54, 1.807) is 6.33 Å². The molecule has 2 N–H and O–H groups in total. The number of hydrogen-bond acceptors (Lipinski definition) is 9. The SMILES string of the molecule is Cc1nc(C2CN(C3CCNCC3)C2)cc2c1OCc1c(ncnc1N1CCSCC1)N2. The monoisotopic (exact) mass is 453 g/mol. The van der Waals surface area contributed by atoms with Gasteiger partial charge in [-0.15, -0.1) is 0 Å². The van der Waals surface area contributed by atoms with Crippen LogP contribution in [0.1, 0.15) is 35.7 Å². The van der Waals surface area contributed by atoms with E-state index in [9.17, 15) is 0 Å². The summed E-state index contributed by atoms with van der Waals surface area (Å²) in [6.45, 7) is 9.04. The molecule has 4 aliphatic heterocycles. The molecule has 3 fully saturated rings. The lowest BCUT2D eigenvalue weighted by molar-refractivity contribution is 0.0713. The number of hydrogen-bond donors (Lipinski definition) is 2. The van der Waals surface area contributed by atoms with Crippen LogP contribution in [0.3, 0.4) is 0 Å². The third-order valence-corrected chi connectivity index (χ3v) is 8.11. The molecule has 2 aromatic heterocycles. The molecule has 6 heterocycles. The summed E-state index contributed by atoms with van der Waals surface area (Å²) in [5, 5.41) is 7.04. The van der Waals surface area contributed by atoms with Crippen LogP contribution in [0, 0.1) is 6.92 Å². The number of fused-ring (bicyclic) bond motifs is 2. The molecule has 0 unspecified atom stereocenters. The summed E-state index contributed by atoms with van der Waals surface area (Å²) in [5.41, 5.74) is 4.12. The van der Waals surface area contributed by atoms with Gasteiger partial charge in [0.25, 0.3) is 0 Å². The maximum atomic E-state index is 6.29. The summed E-state index contributed by atoms with van der Waals surface area (Å²) in [5.74, 6) is 5.45. The highest BCUT2D eigenvalue weighted by Crippen LogP contribution is 2.40. The van der Waals surface area contributed by atoms with E-state index < -0.39 is 0 Å². The van der Waals surface area contributed by atoms with Gasteiger partial charge in [0.1, 0.15) is 24.6 Å². The molecule has 0 saturated carbocycles. The fourth-order valence-electron chi connectivity index (χ4n) is 5.30. The Labute approximate surface area is 193 Å². The first-order valence-corrected chi connectivity index (χ1v) is 12.9. The van der Waals surface area contributed by atoms with Gasteiger partial charge in [0.05, 0.1) is 16.9 Å². The molecule has 2 aromatic rings. The Kier molecular flexibility index (Phi) is 5.56. The van der Waals surface area contributed by atoms with Gasteiger partial charge in [0, 0.05) is 55.3 Å². The van der Waals surface area contributed by atoms with Crippen molar-refractivity contribution in [3.63, 3.8) is 0 Å². The number of nitrogens with zero attached hydrogens (tertiary/aromatic N) is 5. The van der Waals surface area contributed by atoms with E-state index in [-0.39, 0.29) is 0 Å². The van der Waals surface area contributed by atoms with Crippen molar-refractivity contribution in [3.8, 4) is 5.75 Å². The lowest BCUT2D eigenvalue weighted by atomic mass is 9.90. The molecule has 0 amide bonds. The van der Waals surface area contributed by atoms with E-state index in [0.29, 0.717) is 12.5 Å². The Balaban J connectivity index is 1.23. The second-order valence-corrected chi connectivity index (χ2v) is 10.4. The summed E-state index contributed by atoms with van der Waals surface area (Å²) >= 11 is 2.00. The molecule has 0 atom stereocenters. The number of thioether (sulfide) groups is 1. The first-order valence-electron chi connectivity index (χ1n) is 11.8. The van der Waals surface area contributed by atoms with Crippen molar-refractivity contribution >= 4 is 29.1 Å². The standard InChI is InChI=1S/C23H31N7OS/c1-15-21-20(10-19(27-15)16-11-30(12-16)17-2-4-24-5-3-17)28-22-18(13-31-21)23(26-14-25-22)29-6-8-32-9-7-29/h10,14,16-17,24H,2-9,11-13H2,1H3,(H,25,26,28). The average molecular weight is 454 g/mol. The second-order valence-electron chi connectivity index (χ2n) is 9.18. The van der Waals surface area contributed by atoms with Crippen molar-refractivity contribution in [2.45, 2.75) is 38.3 Å². The van der Waals surface area contributed by atoms with Crippen molar-refractivity contribution in [2.75, 3.05) is 61.0 Å². The molecule has 0 spiro atoms. The number of aryl methyl sites for hydroxylation is 1. The Morgan fingerprint density at radius 1 is 1.12 bits per heavy atom. The zero-order valence-corrected chi connectivity index (χ0v) is 19.5. The normalized spacial score (nSPS) is 22.2. The van der Waals surface area contributed by atoms with Crippen LogP contribution < -0.4 is 20.3 Å². The highest BCUT2D eigenvalue weighted by Gasteiger charge is 2.35. The minimum atomic E-state index is 0.462. The van der Waals surface area contributed by atoms with Gasteiger partial charge in [-0.3, -0.25) is 9.88 Å². The zero-order chi connectivity index (χ0) is 21.5. The number of anilines is 3. The molecule has 0 bridgehead atoms. The molecule has 3 saturated heterocycles. The highest BCUT2D eigenvalue weighted by atomic mass is 32.2. The van der Waals surface area contributed by atoms with E-state index in [0.717, 1.165) is 96.8 Å². The van der Waals surface area contributed by atoms with Gasteiger partial charge >= 0.3 is 0 Å². The van der Waals surface area contributed by atoms with Crippen molar-refractivity contribution in [2.24, 2.45) is 0 Å². The molecule has 8 nitrogen and oxygen atoms in total. The molecule has 6 rings (SSSR count). The third kappa shape index (κ3) is 3.80. The molecule has 0 aromatic carbocycles. The number of ether oxygens (including phenoxy) is 1. The van der Waals surface area contributed by atoms with E-state index in [2.05, 4.69) is 43.4 Å². The summed E-state index contributed by atoms with van der Waals surface area (Å²) in [6.07, 6.45) is 4.19. The first-order chi connectivity index (χ1) is 15.8. The lowest BCUT2D eigenvalue weighted by Crippen LogP contribution is -2.53. The number of nitrogens with one attached hydrogen (secondary N) is 2. The Morgan fingerprint density at radius 3 is 2.75 bits per heavy atom. The van der Waals surface area contributed by atoms with E-state index in [1.165, 1.54) is 12.8 Å². The number of piperidine rings is 1. The predicted octanol–water partition coefficient (Wildman–Crippen LogP) is 2.52. The maximum absolute atomic E-state index is 6.29. The minimum Gasteiger partial charge on any atom is -0.485 e. The number of likely N-dealkylation sites (tertiary alicyclic amines) is 1.